The van der Waals surface area contributed by atoms with Crippen molar-refractivity contribution in [1.82, 2.24) is 9.88 Å². The molecule has 3 aromatic rings. The number of fused-ring (bicyclic) bond motifs is 1. The number of hydrogen-bond acceptors (Lipinski definition) is 5. The summed E-state index contributed by atoms with van der Waals surface area (Å²) >= 11 is 0. The topological polar surface area (TPSA) is 71.9 Å². The number of carboxylic acid groups (broad SMARTS) is 1. The van der Waals surface area contributed by atoms with Gasteiger partial charge in [0.15, 0.2) is 0 Å². The van der Waals surface area contributed by atoms with Crippen molar-refractivity contribution >= 4 is 5.97 Å². The summed E-state index contributed by atoms with van der Waals surface area (Å²) in [5.41, 5.74) is 6.95. The Balaban J connectivity index is 1.45. The average molecular weight is 529 g/mol. The average Bonchev–Trinajstić information content (AvgIpc) is 3.77. The van der Waals surface area contributed by atoms with Crippen LogP contribution in [-0.2, 0) is 17.8 Å². The molecule has 0 unspecified atom stereocenters. The smallest absolute Gasteiger partial charge is 0.306 e. The molecule has 3 atom stereocenters. The number of carbonyl (C=O) groups is 1. The maximum atomic E-state index is 11.8. The second kappa shape index (κ2) is 11.4. The summed E-state index contributed by atoms with van der Waals surface area (Å²) in [6.07, 6.45) is 5.79. The van der Waals surface area contributed by atoms with Gasteiger partial charge in [0.25, 0.3) is 0 Å². The molecule has 1 aliphatic heterocycles. The van der Waals surface area contributed by atoms with Gasteiger partial charge >= 0.3 is 5.97 Å². The molecule has 6 heteroatoms. The van der Waals surface area contributed by atoms with E-state index in [0.29, 0.717) is 17.8 Å². The number of aliphatic carboxylic acids is 1. The van der Waals surface area contributed by atoms with E-state index in [1.54, 1.807) is 13.3 Å². The van der Waals surface area contributed by atoms with E-state index in [1.807, 2.05) is 19.1 Å². The molecule has 6 nitrogen and oxygen atoms in total. The minimum Gasteiger partial charge on any atom is -0.485 e. The Labute approximate surface area is 232 Å². The highest BCUT2D eigenvalue weighted by atomic mass is 16.5. The number of pyridine rings is 1. The Morgan fingerprint density at radius 2 is 1.90 bits per heavy atom. The van der Waals surface area contributed by atoms with Crippen molar-refractivity contribution in [3.05, 3.63) is 77.0 Å². The largest absolute Gasteiger partial charge is 0.485 e. The fourth-order valence-electron chi connectivity index (χ4n) is 5.77. The molecular formula is C33H40N2O4. The molecule has 0 amide bonds. The molecular weight excluding hydrogens is 488 g/mol. The monoisotopic (exact) mass is 528 g/mol. The Bertz CT molecular complexity index is 1330. The van der Waals surface area contributed by atoms with Crippen LogP contribution in [0.1, 0.15) is 74.3 Å². The normalized spacial score (nSPS) is 18.4. The van der Waals surface area contributed by atoms with E-state index in [4.69, 9.17) is 9.47 Å². The number of carboxylic acids is 1. The summed E-state index contributed by atoms with van der Waals surface area (Å²) < 4.78 is 12.0. The van der Waals surface area contributed by atoms with E-state index in [9.17, 15) is 9.90 Å². The van der Waals surface area contributed by atoms with E-state index in [2.05, 4.69) is 67.2 Å². The highest BCUT2D eigenvalue weighted by Crippen LogP contribution is 2.48. The lowest BCUT2D eigenvalue weighted by atomic mass is 9.82. The van der Waals surface area contributed by atoms with Crippen LogP contribution in [0.25, 0.3) is 11.1 Å². The van der Waals surface area contributed by atoms with Gasteiger partial charge in [0.2, 0.25) is 5.88 Å². The van der Waals surface area contributed by atoms with Gasteiger partial charge in [0.05, 0.1) is 13.0 Å². The van der Waals surface area contributed by atoms with E-state index in [1.165, 1.54) is 22.3 Å². The third-order valence-corrected chi connectivity index (χ3v) is 8.54. The number of aryl methyl sites for hydroxylation is 1. The SMILES string of the molecule is COc1cc(-c2ccc([C@@H]3CCc4ccc([C@H](C5CC5)[C@H](C)C(=O)O)cc4O3)cc2CN(C)C(C)C)ccn1. The first kappa shape index (κ1) is 27.2. The van der Waals surface area contributed by atoms with Crippen LogP contribution < -0.4 is 9.47 Å². The summed E-state index contributed by atoms with van der Waals surface area (Å²) in [6.45, 7) is 7.06. The van der Waals surface area contributed by atoms with E-state index >= 15 is 0 Å². The second-order valence-electron chi connectivity index (χ2n) is 11.5. The number of aromatic nitrogens is 1. The molecule has 1 aromatic heterocycles. The Kier molecular flexibility index (Phi) is 7.94. The van der Waals surface area contributed by atoms with Crippen molar-refractivity contribution in [2.24, 2.45) is 11.8 Å². The number of rotatable bonds is 10. The van der Waals surface area contributed by atoms with Crippen LogP contribution in [0, 0.1) is 11.8 Å². The van der Waals surface area contributed by atoms with Crippen molar-refractivity contribution in [1.29, 1.82) is 0 Å². The highest BCUT2D eigenvalue weighted by Gasteiger charge is 2.39. The third-order valence-electron chi connectivity index (χ3n) is 8.54. The summed E-state index contributed by atoms with van der Waals surface area (Å²) in [4.78, 5) is 18.5. The lowest BCUT2D eigenvalue weighted by Gasteiger charge is -2.30. The maximum Gasteiger partial charge on any atom is 0.306 e. The van der Waals surface area contributed by atoms with E-state index < -0.39 is 11.9 Å². The van der Waals surface area contributed by atoms with Crippen LogP contribution in [0.3, 0.4) is 0 Å². The molecule has 2 heterocycles. The van der Waals surface area contributed by atoms with Crippen molar-refractivity contribution in [2.75, 3.05) is 14.2 Å². The van der Waals surface area contributed by atoms with Gasteiger partial charge in [-0.2, -0.15) is 0 Å². The van der Waals surface area contributed by atoms with E-state index in [-0.39, 0.29) is 12.0 Å². The minimum atomic E-state index is -0.728. The van der Waals surface area contributed by atoms with Gasteiger partial charge in [-0.25, -0.2) is 4.98 Å². The zero-order chi connectivity index (χ0) is 27.7. The van der Waals surface area contributed by atoms with Crippen LogP contribution in [-0.4, -0.2) is 41.2 Å². The molecule has 1 fully saturated rings. The quantitative estimate of drug-likeness (QED) is 0.309. The summed E-state index contributed by atoms with van der Waals surface area (Å²) in [6, 6.07) is 17.5. The van der Waals surface area contributed by atoms with Crippen LogP contribution in [0.5, 0.6) is 11.6 Å². The van der Waals surface area contributed by atoms with Crippen LogP contribution in [0.15, 0.2) is 54.7 Å². The van der Waals surface area contributed by atoms with Crippen molar-refractivity contribution in [3.63, 3.8) is 0 Å². The van der Waals surface area contributed by atoms with Crippen molar-refractivity contribution in [3.8, 4) is 22.8 Å². The zero-order valence-electron chi connectivity index (χ0n) is 23.7. The Hall–Kier alpha value is -3.38. The molecule has 1 aliphatic carbocycles. The van der Waals surface area contributed by atoms with Crippen molar-refractivity contribution in [2.45, 2.75) is 71.1 Å². The van der Waals surface area contributed by atoms with Crippen molar-refractivity contribution < 1.29 is 19.4 Å². The number of hydrogen-bond donors (Lipinski definition) is 1. The Morgan fingerprint density at radius 3 is 2.59 bits per heavy atom. The molecule has 1 N–H and O–H groups in total. The molecule has 0 bridgehead atoms. The van der Waals surface area contributed by atoms with Crippen LogP contribution >= 0.6 is 0 Å². The number of ether oxygens (including phenoxy) is 2. The van der Waals surface area contributed by atoms with Gasteiger partial charge in [0, 0.05) is 24.8 Å². The molecule has 39 heavy (non-hydrogen) atoms. The molecule has 2 aliphatic rings. The molecule has 0 radical (unpaired) electrons. The molecule has 0 spiro atoms. The number of nitrogens with zero attached hydrogens (tertiary/aromatic N) is 2. The Morgan fingerprint density at radius 1 is 1.10 bits per heavy atom. The van der Waals surface area contributed by atoms with Gasteiger partial charge in [0.1, 0.15) is 11.9 Å². The second-order valence-corrected chi connectivity index (χ2v) is 11.5. The minimum absolute atomic E-state index is 0.0339. The summed E-state index contributed by atoms with van der Waals surface area (Å²) in [5.74, 6) is 0.851. The van der Waals surface area contributed by atoms with Crippen LogP contribution in [0.2, 0.25) is 0 Å². The molecule has 2 aromatic carbocycles. The fourth-order valence-corrected chi connectivity index (χ4v) is 5.77. The summed E-state index contributed by atoms with van der Waals surface area (Å²) in [5, 5.41) is 9.73. The number of methoxy groups -OCH3 is 1. The van der Waals surface area contributed by atoms with Crippen LogP contribution in [0.4, 0.5) is 0 Å². The molecule has 0 saturated heterocycles. The van der Waals surface area contributed by atoms with Gasteiger partial charge in [-0.15, -0.1) is 0 Å². The first-order valence-electron chi connectivity index (χ1n) is 14.1. The third kappa shape index (κ3) is 5.96. The first-order valence-corrected chi connectivity index (χ1v) is 14.1. The van der Waals surface area contributed by atoms with Gasteiger partial charge < -0.3 is 14.6 Å². The molecule has 206 valence electrons. The molecule has 1 saturated carbocycles. The lowest BCUT2D eigenvalue weighted by Crippen LogP contribution is -2.26. The van der Waals surface area contributed by atoms with Gasteiger partial charge in [-0.05, 0) is 104 Å². The lowest BCUT2D eigenvalue weighted by molar-refractivity contribution is -0.142. The van der Waals surface area contributed by atoms with Gasteiger partial charge in [-0.1, -0.05) is 37.3 Å². The summed E-state index contributed by atoms with van der Waals surface area (Å²) in [7, 11) is 3.79. The maximum absolute atomic E-state index is 11.8. The highest BCUT2D eigenvalue weighted by molar-refractivity contribution is 5.71. The predicted molar refractivity (Wildman–Crippen MR) is 153 cm³/mol. The predicted octanol–water partition coefficient (Wildman–Crippen LogP) is 6.88. The standard InChI is InChI=1S/C33H40N2O4/c1-20(2)35(4)19-27-16-25(10-12-28(27)24-14-15-34-31(18-24)38-5)29-13-11-22-6-9-26(17-30(22)39-29)32(23-7-8-23)21(3)33(36)37/h6,9-10,12,14-18,20-21,23,29,32H,7-8,11,13,19H2,1-5H3,(H,36,37)/t21-,29-,32-/m0/s1. The molecule has 5 rings (SSSR count). The van der Waals surface area contributed by atoms with Gasteiger partial charge in [-0.3, -0.25) is 9.69 Å². The first-order chi connectivity index (χ1) is 18.7. The fraction of sp³-hybridized carbons (Fsp3) is 0.455. The number of benzene rings is 2. The van der Waals surface area contributed by atoms with E-state index in [0.717, 1.165) is 49.1 Å². The zero-order valence-corrected chi connectivity index (χ0v) is 23.7.